The number of benzene rings is 1. The number of rotatable bonds is 2. The van der Waals surface area contributed by atoms with Gasteiger partial charge >= 0.3 is 0 Å². The summed E-state index contributed by atoms with van der Waals surface area (Å²) >= 11 is 1.37. The largest absolute Gasteiger partial charge is 0.397 e. The number of carbonyl (C=O) groups excluding carboxylic acids is 1. The monoisotopic (exact) mass is 376 g/mol. The summed E-state index contributed by atoms with van der Waals surface area (Å²) in [6, 6.07) is 5.72. The predicted octanol–water partition coefficient (Wildman–Crippen LogP) is 3.34. The lowest BCUT2D eigenvalue weighted by atomic mass is 10.1. The van der Waals surface area contributed by atoms with Crippen molar-refractivity contribution < 1.29 is 13.6 Å². The van der Waals surface area contributed by atoms with Crippen molar-refractivity contribution in [3.63, 3.8) is 0 Å². The minimum absolute atomic E-state index is 0.566. The number of nitrogens with two attached hydrogens (primary N) is 1. The zero-order valence-electron chi connectivity index (χ0n) is 14.1. The van der Waals surface area contributed by atoms with E-state index in [1.807, 2.05) is 0 Å². The van der Waals surface area contributed by atoms with Crippen LogP contribution < -0.4 is 16.4 Å². The highest BCUT2D eigenvalue weighted by Gasteiger charge is 2.15. The van der Waals surface area contributed by atoms with E-state index in [2.05, 4.69) is 21.7 Å². The molecular formula is C18H18F2N4OS. The number of fused-ring (bicyclic) bond motifs is 2. The van der Waals surface area contributed by atoms with Crippen LogP contribution in [-0.4, -0.2) is 24.9 Å². The van der Waals surface area contributed by atoms with Crippen LogP contribution in [0, 0.1) is 11.6 Å². The first kappa shape index (κ1) is 18.2. The maximum Gasteiger partial charge on any atom is 0.162 e. The molecule has 3 heterocycles. The summed E-state index contributed by atoms with van der Waals surface area (Å²) in [6.45, 7) is 1.80. The Bertz CT molecular complexity index is 958. The van der Waals surface area contributed by atoms with E-state index in [1.165, 1.54) is 23.0 Å². The van der Waals surface area contributed by atoms with Crippen LogP contribution in [0.5, 0.6) is 0 Å². The highest BCUT2D eigenvalue weighted by atomic mass is 32.1. The van der Waals surface area contributed by atoms with Crippen molar-refractivity contribution in [3.8, 4) is 0 Å². The molecule has 0 fully saturated rings. The first-order valence-electron chi connectivity index (χ1n) is 8.03. The number of hydrogen-bond acceptors (Lipinski definition) is 6. The molecule has 1 aliphatic rings. The van der Waals surface area contributed by atoms with Gasteiger partial charge in [-0.25, -0.2) is 13.8 Å². The number of aldehydes is 1. The molecule has 0 unspecified atom stereocenters. The lowest BCUT2D eigenvalue weighted by Gasteiger charge is -2.15. The third kappa shape index (κ3) is 3.66. The number of carbonyl (C=O) groups is 1. The van der Waals surface area contributed by atoms with Gasteiger partial charge in [0.1, 0.15) is 4.83 Å². The summed E-state index contributed by atoms with van der Waals surface area (Å²) in [6.07, 6.45) is 1.75. The third-order valence-corrected chi connectivity index (χ3v) is 5.13. The van der Waals surface area contributed by atoms with Crippen LogP contribution in [0.25, 0.3) is 10.2 Å². The Balaban J connectivity index is 0.000000170. The van der Waals surface area contributed by atoms with Crippen LogP contribution in [0.1, 0.15) is 20.9 Å². The van der Waals surface area contributed by atoms with Crippen LogP contribution in [0.2, 0.25) is 0 Å². The molecule has 0 saturated heterocycles. The first-order chi connectivity index (χ1) is 12.5. The first-order valence-corrected chi connectivity index (χ1v) is 8.84. The lowest BCUT2D eigenvalue weighted by Crippen LogP contribution is -2.24. The van der Waals surface area contributed by atoms with E-state index >= 15 is 0 Å². The highest BCUT2D eigenvalue weighted by Crippen LogP contribution is 2.33. The van der Waals surface area contributed by atoms with Crippen LogP contribution in [0.15, 0.2) is 24.3 Å². The van der Waals surface area contributed by atoms with Gasteiger partial charge in [-0.05, 0) is 29.8 Å². The van der Waals surface area contributed by atoms with Crippen LogP contribution in [-0.2, 0) is 13.0 Å². The van der Waals surface area contributed by atoms with E-state index in [1.54, 1.807) is 7.05 Å². The normalized spacial score (nSPS) is 12.9. The van der Waals surface area contributed by atoms with Gasteiger partial charge in [-0.15, -0.1) is 11.3 Å². The van der Waals surface area contributed by atoms with Crippen LogP contribution in [0.4, 0.5) is 20.2 Å². The summed E-state index contributed by atoms with van der Waals surface area (Å²) in [5, 5.41) is 6.90. The van der Waals surface area contributed by atoms with Gasteiger partial charge in [-0.3, -0.25) is 4.79 Å². The number of aromatic nitrogens is 1. The summed E-state index contributed by atoms with van der Waals surface area (Å²) in [5.74, 6) is -1.65. The topological polar surface area (TPSA) is 80.0 Å². The fourth-order valence-corrected chi connectivity index (χ4v) is 3.59. The Kier molecular flexibility index (Phi) is 5.43. The zero-order chi connectivity index (χ0) is 18.7. The Hall–Kier alpha value is -2.58. The molecule has 5 nitrogen and oxygen atoms in total. The molecule has 4 N–H and O–H groups in total. The maximum absolute atomic E-state index is 12.4. The van der Waals surface area contributed by atoms with Crippen molar-refractivity contribution in [3.05, 3.63) is 52.0 Å². The number of nitrogen functional groups attached to an aromatic ring is 1. The SMILES string of the molecule is CNc1ccc(F)c(F)c1.Nc1c(C=O)sc2nc3c(cc12)CNCC3. The second-order valence-electron chi connectivity index (χ2n) is 5.75. The van der Waals surface area contributed by atoms with Gasteiger partial charge in [0.25, 0.3) is 0 Å². The van der Waals surface area contributed by atoms with Crippen LogP contribution >= 0.6 is 11.3 Å². The number of hydrogen-bond donors (Lipinski definition) is 3. The molecule has 4 rings (SSSR count). The number of thiophene rings is 1. The number of halogens is 2. The number of pyridine rings is 1. The van der Waals surface area contributed by atoms with Gasteiger partial charge in [0.2, 0.25) is 0 Å². The minimum atomic E-state index is -0.827. The summed E-state index contributed by atoms with van der Waals surface area (Å²) in [7, 11) is 1.65. The molecule has 2 aromatic heterocycles. The molecule has 8 heteroatoms. The Labute approximate surface area is 153 Å². The molecule has 0 amide bonds. The molecule has 0 radical (unpaired) electrons. The van der Waals surface area contributed by atoms with E-state index in [9.17, 15) is 13.6 Å². The smallest absolute Gasteiger partial charge is 0.162 e. The molecule has 136 valence electrons. The lowest BCUT2D eigenvalue weighted by molar-refractivity contribution is 0.112. The number of nitrogens with zero attached hydrogens (tertiary/aromatic N) is 1. The van der Waals surface area contributed by atoms with Crippen molar-refractivity contribution in [1.29, 1.82) is 0 Å². The van der Waals surface area contributed by atoms with E-state index < -0.39 is 11.6 Å². The predicted molar refractivity (Wildman–Crippen MR) is 101 cm³/mol. The molecule has 0 saturated carbocycles. The second kappa shape index (κ2) is 7.76. The van der Waals surface area contributed by atoms with Gasteiger partial charge < -0.3 is 16.4 Å². The molecule has 0 aliphatic carbocycles. The molecule has 1 aliphatic heterocycles. The van der Waals surface area contributed by atoms with Gasteiger partial charge in [-0.1, -0.05) is 0 Å². The van der Waals surface area contributed by atoms with Gasteiger partial charge in [0.15, 0.2) is 17.9 Å². The summed E-state index contributed by atoms with van der Waals surface area (Å²) < 4.78 is 24.6. The average molecular weight is 376 g/mol. The molecule has 0 bridgehead atoms. The van der Waals surface area contributed by atoms with E-state index in [0.29, 0.717) is 16.3 Å². The van der Waals surface area contributed by atoms with Gasteiger partial charge in [-0.2, -0.15) is 0 Å². The van der Waals surface area contributed by atoms with Crippen molar-refractivity contribution >= 4 is 39.2 Å². The molecule has 3 aromatic rings. The van der Waals surface area contributed by atoms with Crippen molar-refractivity contribution in [1.82, 2.24) is 10.3 Å². The summed E-state index contributed by atoms with van der Waals surface area (Å²) in [4.78, 5) is 16.8. The average Bonchev–Trinajstić information content (AvgIpc) is 2.98. The Morgan fingerprint density at radius 2 is 2.12 bits per heavy atom. The summed E-state index contributed by atoms with van der Waals surface area (Å²) in [5.41, 5.74) is 9.36. The highest BCUT2D eigenvalue weighted by molar-refractivity contribution is 7.20. The van der Waals surface area contributed by atoms with E-state index in [-0.39, 0.29) is 0 Å². The fourth-order valence-electron chi connectivity index (χ4n) is 2.68. The standard InChI is InChI=1S/C11H11N3OS.C7H7F2N/c12-10-7-3-6-4-13-2-1-8(6)14-11(7)16-9(10)5-15;1-10-5-2-3-6(8)7(9)4-5/h3,5,13H,1-2,4,12H2;2-4,10H,1H3. The second-order valence-corrected chi connectivity index (χ2v) is 6.78. The third-order valence-electron chi connectivity index (χ3n) is 4.09. The molecule has 1 aromatic carbocycles. The van der Waals surface area contributed by atoms with E-state index in [0.717, 1.165) is 53.8 Å². The quantitative estimate of drug-likeness (QED) is 0.598. The molecule has 0 atom stereocenters. The van der Waals surface area contributed by atoms with E-state index in [4.69, 9.17) is 5.73 Å². The Morgan fingerprint density at radius 1 is 1.31 bits per heavy atom. The van der Waals surface area contributed by atoms with Crippen molar-refractivity contribution in [2.45, 2.75) is 13.0 Å². The molecular weight excluding hydrogens is 358 g/mol. The van der Waals surface area contributed by atoms with Crippen molar-refractivity contribution in [2.24, 2.45) is 0 Å². The van der Waals surface area contributed by atoms with Gasteiger partial charge in [0, 0.05) is 43.3 Å². The minimum Gasteiger partial charge on any atom is -0.397 e. The van der Waals surface area contributed by atoms with Crippen LogP contribution in [0.3, 0.4) is 0 Å². The molecule has 0 spiro atoms. The number of nitrogens with one attached hydrogen (secondary N) is 2. The maximum atomic E-state index is 12.4. The number of anilines is 2. The Morgan fingerprint density at radius 3 is 2.81 bits per heavy atom. The van der Waals surface area contributed by atoms with Crippen molar-refractivity contribution in [2.75, 3.05) is 24.6 Å². The van der Waals surface area contributed by atoms with Gasteiger partial charge in [0.05, 0.1) is 10.6 Å². The fraction of sp³-hybridized carbons (Fsp3) is 0.222. The molecule has 26 heavy (non-hydrogen) atoms. The zero-order valence-corrected chi connectivity index (χ0v) is 14.9.